The molecule has 1 aromatic carbocycles. The van der Waals surface area contributed by atoms with Crippen molar-refractivity contribution in [3.05, 3.63) is 42.1 Å². The van der Waals surface area contributed by atoms with Gasteiger partial charge in [-0.2, -0.15) is 4.98 Å². The molecule has 100 valence electrons. The number of carbonyl (C=O) groups is 1. The first-order valence-electron chi connectivity index (χ1n) is 5.89. The molecule has 0 aliphatic heterocycles. The minimum Gasteiger partial charge on any atom is -0.466 e. The third-order valence-corrected chi connectivity index (χ3v) is 2.74. The Labute approximate surface area is 114 Å². The van der Waals surface area contributed by atoms with Gasteiger partial charge in [0, 0.05) is 17.1 Å². The molecule has 1 amide bonds. The lowest BCUT2D eigenvalue weighted by Crippen LogP contribution is -2.12. The molecule has 0 aliphatic carbocycles. The molecule has 2 N–H and O–H groups in total. The topological polar surface area (TPSA) is 92.8 Å². The lowest BCUT2D eigenvalue weighted by Gasteiger charge is -2.03. The monoisotopic (exact) mass is 269 g/mol. The molecule has 0 radical (unpaired) electrons. The van der Waals surface area contributed by atoms with Crippen molar-refractivity contribution in [2.24, 2.45) is 0 Å². The van der Waals surface area contributed by atoms with E-state index in [2.05, 4.69) is 25.5 Å². The maximum atomic E-state index is 12.1. The number of pyridine rings is 1. The summed E-state index contributed by atoms with van der Waals surface area (Å²) in [6, 6.07) is 9.17. The van der Waals surface area contributed by atoms with Gasteiger partial charge in [-0.15, -0.1) is 5.10 Å². The summed E-state index contributed by atoms with van der Waals surface area (Å²) in [6.07, 6.45) is 1.71. The number of benzene rings is 1. The van der Waals surface area contributed by atoms with E-state index in [-0.39, 0.29) is 17.9 Å². The van der Waals surface area contributed by atoms with Crippen molar-refractivity contribution in [2.45, 2.75) is 0 Å². The predicted molar refractivity (Wildman–Crippen MR) is 72.6 cm³/mol. The molecule has 3 aromatic rings. The Bertz CT molecular complexity index is 768. The molecule has 2 heterocycles. The number of H-pyrrole nitrogens is 1. The van der Waals surface area contributed by atoms with Crippen molar-refractivity contribution in [1.29, 1.82) is 0 Å². The lowest BCUT2D eigenvalue weighted by atomic mass is 10.1. The Morgan fingerprint density at radius 1 is 1.35 bits per heavy atom. The van der Waals surface area contributed by atoms with E-state index in [0.29, 0.717) is 5.56 Å². The van der Waals surface area contributed by atoms with Crippen LogP contribution in [0.3, 0.4) is 0 Å². The summed E-state index contributed by atoms with van der Waals surface area (Å²) in [7, 11) is 1.45. The number of aromatic amines is 1. The van der Waals surface area contributed by atoms with Gasteiger partial charge in [0.25, 0.3) is 5.91 Å². The van der Waals surface area contributed by atoms with Gasteiger partial charge in [-0.05, 0) is 24.3 Å². The maximum absolute atomic E-state index is 12.1. The van der Waals surface area contributed by atoms with E-state index in [1.807, 2.05) is 12.1 Å². The highest BCUT2D eigenvalue weighted by atomic mass is 16.5. The van der Waals surface area contributed by atoms with Crippen LogP contribution in [0.4, 0.5) is 5.95 Å². The number of amides is 1. The second kappa shape index (κ2) is 4.96. The van der Waals surface area contributed by atoms with E-state index in [1.54, 1.807) is 24.4 Å². The Balaban J connectivity index is 1.84. The van der Waals surface area contributed by atoms with Gasteiger partial charge in [-0.25, -0.2) is 5.10 Å². The number of rotatable bonds is 3. The second-order valence-corrected chi connectivity index (χ2v) is 4.04. The number of hydrogen-bond acceptors (Lipinski definition) is 5. The Hall–Kier alpha value is -2.96. The summed E-state index contributed by atoms with van der Waals surface area (Å²) in [6.45, 7) is 0. The van der Waals surface area contributed by atoms with Crippen molar-refractivity contribution < 1.29 is 9.53 Å². The summed E-state index contributed by atoms with van der Waals surface area (Å²) < 4.78 is 4.83. The quantitative estimate of drug-likeness (QED) is 0.753. The van der Waals surface area contributed by atoms with Gasteiger partial charge in [0.1, 0.15) is 0 Å². The van der Waals surface area contributed by atoms with Crippen LogP contribution >= 0.6 is 0 Å². The van der Waals surface area contributed by atoms with Crippen molar-refractivity contribution in [1.82, 2.24) is 20.2 Å². The molecule has 0 unspecified atom stereocenters. The molecule has 20 heavy (non-hydrogen) atoms. The molecule has 0 saturated heterocycles. The van der Waals surface area contributed by atoms with E-state index < -0.39 is 0 Å². The maximum Gasteiger partial charge on any atom is 0.336 e. The highest BCUT2D eigenvalue weighted by Crippen LogP contribution is 2.14. The summed E-state index contributed by atoms with van der Waals surface area (Å²) >= 11 is 0. The highest BCUT2D eigenvalue weighted by molar-refractivity contribution is 6.05. The number of nitrogens with one attached hydrogen (secondary N) is 2. The van der Waals surface area contributed by atoms with E-state index in [4.69, 9.17) is 4.74 Å². The number of nitrogens with zero attached hydrogens (tertiary/aromatic N) is 3. The molecule has 0 spiro atoms. The van der Waals surface area contributed by atoms with Crippen LogP contribution in [0.1, 0.15) is 10.4 Å². The van der Waals surface area contributed by atoms with Crippen LogP contribution in [0.15, 0.2) is 36.5 Å². The molecule has 0 fully saturated rings. The third kappa shape index (κ3) is 2.28. The standard InChI is InChI=1S/C13H11N5O2/c1-20-13-16-12(17-18-13)15-11(19)9-4-5-10-8(7-9)3-2-6-14-10/h2-7H,1H3,(H2,15,16,17,18,19). The van der Waals surface area contributed by atoms with Crippen LogP contribution in [0.5, 0.6) is 6.01 Å². The van der Waals surface area contributed by atoms with Crippen LogP contribution in [0.25, 0.3) is 10.9 Å². The van der Waals surface area contributed by atoms with E-state index in [0.717, 1.165) is 10.9 Å². The minimum absolute atomic E-state index is 0.169. The van der Waals surface area contributed by atoms with Gasteiger partial charge in [-0.1, -0.05) is 6.07 Å². The summed E-state index contributed by atoms with van der Waals surface area (Å²) in [4.78, 5) is 20.2. The predicted octanol–water partition coefficient (Wildman–Crippen LogP) is 1.61. The largest absolute Gasteiger partial charge is 0.466 e. The highest BCUT2D eigenvalue weighted by Gasteiger charge is 2.10. The Morgan fingerprint density at radius 3 is 3.05 bits per heavy atom. The fourth-order valence-electron chi connectivity index (χ4n) is 1.79. The number of fused-ring (bicyclic) bond motifs is 1. The Morgan fingerprint density at radius 2 is 2.25 bits per heavy atom. The Kier molecular flexibility index (Phi) is 3.00. The van der Waals surface area contributed by atoms with Crippen molar-refractivity contribution in [3.8, 4) is 6.01 Å². The molecular weight excluding hydrogens is 258 g/mol. The van der Waals surface area contributed by atoms with Crippen LogP contribution in [-0.4, -0.2) is 33.2 Å². The first-order chi connectivity index (χ1) is 9.76. The number of methoxy groups -OCH3 is 1. The smallest absolute Gasteiger partial charge is 0.336 e. The number of ether oxygens (including phenoxy) is 1. The van der Waals surface area contributed by atoms with Gasteiger partial charge in [0.15, 0.2) is 0 Å². The number of anilines is 1. The second-order valence-electron chi connectivity index (χ2n) is 4.04. The molecule has 0 atom stereocenters. The molecular formula is C13H11N5O2. The first-order valence-corrected chi connectivity index (χ1v) is 5.89. The average molecular weight is 269 g/mol. The molecule has 0 saturated carbocycles. The van der Waals surface area contributed by atoms with Gasteiger partial charge < -0.3 is 4.74 Å². The summed E-state index contributed by atoms with van der Waals surface area (Å²) in [5.74, 6) is -0.0484. The van der Waals surface area contributed by atoms with Crippen LogP contribution in [0, 0.1) is 0 Å². The van der Waals surface area contributed by atoms with Crippen LogP contribution < -0.4 is 10.1 Å². The fourth-order valence-corrected chi connectivity index (χ4v) is 1.79. The van der Waals surface area contributed by atoms with E-state index in [9.17, 15) is 4.79 Å². The zero-order chi connectivity index (χ0) is 13.9. The van der Waals surface area contributed by atoms with Crippen LogP contribution in [-0.2, 0) is 0 Å². The molecule has 0 aliphatic rings. The van der Waals surface area contributed by atoms with Gasteiger partial charge in [0.2, 0.25) is 5.95 Å². The third-order valence-electron chi connectivity index (χ3n) is 2.74. The minimum atomic E-state index is -0.283. The van der Waals surface area contributed by atoms with E-state index >= 15 is 0 Å². The zero-order valence-electron chi connectivity index (χ0n) is 10.6. The number of carbonyl (C=O) groups excluding carboxylic acids is 1. The lowest BCUT2D eigenvalue weighted by molar-refractivity contribution is 0.102. The molecule has 7 nitrogen and oxygen atoms in total. The van der Waals surface area contributed by atoms with Gasteiger partial charge >= 0.3 is 6.01 Å². The van der Waals surface area contributed by atoms with Crippen LogP contribution in [0.2, 0.25) is 0 Å². The van der Waals surface area contributed by atoms with Gasteiger partial charge in [-0.3, -0.25) is 15.1 Å². The van der Waals surface area contributed by atoms with Crippen molar-refractivity contribution in [3.63, 3.8) is 0 Å². The number of hydrogen-bond donors (Lipinski definition) is 2. The summed E-state index contributed by atoms with van der Waals surface area (Å²) in [5.41, 5.74) is 1.35. The SMILES string of the molecule is COc1n[nH]c(NC(=O)c2ccc3ncccc3c2)n1. The number of aromatic nitrogens is 4. The normalized spacial score (nSPS) is 10.4. The average Bonchev–Trinajstić information content (AvgIpc) is 2.94. The molecule has 7 heteroatoms. The zero-order valence-corrected chi connectivity index (χ0v) is 10.6. The summed E-state index contributed by atoms with van der Waals surface area (Å²) in [5, 5.41) is 9.82. The molecule has 0 bridgehead atoms. The first kappa shape index (κ1) is 12.1. The molecule has 2 aromatic heterocycles. The fraction of sp³-hybridized carbons (Fsp3) is 0.0769. The molecule has 3 rings (SSSR count). The van der Waals surface area contributed by atoms with Crippen molar-refractivity contribution in [2.75, 3.05) is 12.4 Å². The van der Waals surface area contributed by atoms with E-state index in [1.165, 1.54) is 7.11 Å². The van der Waals surface area contributed by atoms with Crippen molar-refractivity contribution >= 4 is 22.8 Å². The van der Waals surface area contributed by atoms with Gasteiger partial charge in [0.05, 0.1) is 12.6 Å².